The number of hydrogen-bond acceptors (Lipinski definition) is 5. The number of halogens is 3. The number of carbonyl (C=O) groups is 3. The van der Waals surface area contributed by atoms with Gasteiger partial charge in [-0.2, -0.15) is 13.2 Å². The van der Waals surface area contributed by atoms with E-state index in [1.54, 1.807) is 20.8 Å². The number of imide groups is 1. The normalized spacial score (nSPS) is 20.4. The van der Waals surface area contributed by atoms with Crippen molar-refractivity contribution in [3.05, 3.63) is 29.6 Å². The van der Waals surface area contributed by atoms with Gasteiger partial charge in [-0.15, -0.1) is 0 Å². The predicted octanol–water partition coefficient (Wildman–Crippen LogP) is 1.66. The van der Waals surface area contributed by atoms with Gasteiger partial charge in [0.2, 0.25) is 0 Å². The van der Waals surface area contributed by atoms with E-state index in [4.69, 9.17) is 4.74 Å². The van der Waals surface area contributed by atoms with E-state index >= 15 is 0 Å². The second kappa shape index (κ2) is 6.46. The number of alkyl carbamates (subject to hydrolysis) is 1. The lowest BCUT2D eigenvalue weighted by Crippen LogP contribution is -2.54. The summed E-state index contributed by atoms with van der Waals surface area (Å²) in [7, 11) is 0. The van der Waals surface area contributed by atoms with Gasteiger partial charge in [-0.3, -0.25) is 15.1 Å². The Kier molecular flexibility index (Phi) is 4.84. The van der Waals surface area contributed by atoms with Gasteiger partial charge in [0.05, 0.1) is 17.8 Å². The van der Waals surface area contributed by atoms with E-state index in [0.717, 1.165) is 18.3 Å². The summed E-state index contributed by atoms with van der Waals surface area (Å²) in [6, 6.07) is 0.783. The fraction of sp³-hybridized carbons (Fsp3) is 0.467. The molecule has 1 saturated heterocycles. The SMILES string of the molecule is CC(C)(C)OC(=O)NC[C@]1(c2ncccc2C(F)(F)F)NC(=O)NC1=O. The van der Waals surface area contributed by atoms with Crippen molar-refractivity contribution in [1.29, 1.82) is 0 Å². The van der Waals surface area contributed by atoms with Gasteiger partial charge in [-0.25, -0.2) is 9.59 Å². The number of ether oxygens (including phenoxy) is 1. The van der Waals surface area contributed by atoms with Crippen molar-refractivity contribution in [2.75, 3.05) is 6.54 Å². The molecule has 1 atom stereocenters. The molecule has 1 aromatic rings. The largest absolute Gasteiger partial charge is 0.444 e. The summed E-state index contributed by atoms with van der Waals surface area (Å²) >= 11 is 0. The molecule has 1 aliphatic heterocycles. The highest BCUT2D eigenvalue weighted by molar-refractivity contribution is 6.07. The van der Waals surface area contributed by atoms with Crippen molar-refractivity contribution in [2.45, 2.75) is 38.1 Å². The summed E-state index contributed by atoms with van der Waals surface area (Å²) < 4.78 is 45.0. The lowest BCUT2D eigenvalue weighted by molar-refractivity contribution is -0.139. The Morgan fingerprint density at radius 1 is 1.31 bits per heavy atom. The number of amides is 4. The zero-order valence-electron chi connectivity index (χ0n) is 14.2. The van der Waals surface area contributed by atoms with E-state index in [1.807, 2.05) is 5.32 Å². The van der Waals surface area contributed by atoms with Gasteiger partial charge >= 0.3 is 18.3 Å². The van der Waals surface area contributed by atoms with Gasteiger partial charge in [0, 0.05) is 6.20 Å². The highest BCUT2D eigenvalue weighted by Gasteiger charge is 2.53. The molecule has 2 rings (SSSR count). The van der Waals surface area contributed by atoms with Gasteiger partial charge < -0.3 is 15.4 Å². The Bertz CT molecular complexity index is 745. The number of urea groups is 1. The molecule has 142 valence electrons. The van der Waals surface area contributed by atoms with Crippen LogP contribution in [0.25, 0.3) is 0 Å². The minimum Gasteiger partial charge on any atom is -0.444 e. The summed E-state index contributed by atoms with van der Waals surface area (Å²) in [6.07, 6.45) is -4.73. The second-order valence-electron chi connectivity index (χ2n) is 6.57. The third-order valence-corrected chi connectivity index (χ3v) is 3.36. The average molecular weight is 374 g/mol. The first kappa shape index (κ1) is 19.5. The molecule has 1 fully saturated rings. The fourth-order valence-corrected chi connectivity index (χ4v) is 2.36. The van der Waals surface area contributed by atoms with Crippen LogP contribution in [0.15, 0.2) is 18.3 Å². The molecule has 0 aromatic carbocycles. The minimum atomic E-state index is -4.82. The first-order valence-electron chi connectivity index (χ1n) is 7.48. The van der Waals surface area contributed by atoms with E-state index in [0.29, 0.717) is 0 Å². The molecule has 0 unspecified atom stereocenters. The lowest BCUT2D eigenvalue weighted by Gasteiger charge is -2.29. The number of nitrogens with zero attached hydrogens (tertiary/aromatic N) is 1. The van der Waals surface area contributed by atoms with E-state index in [9.17, 15) is 27.6 Å². The predicted molar refractivity (Wildman–Crippen MR) is 81.8 cm³/mol. The number of hydrogen-bond donors (Lipinski definition) is 3. The number of alkyl halides is 3. The monoisotopic (exact) mass is 374 g/mol. The molecule has 26 heavy (non-hydrogen) atoms. The van der Waals surface area contributed by atoms with E-state index in [1.165, 1.54) is 0 Å². The number of rotatable bonds is 3. The van der Waals surface area contributed by atoms with Crippen molar-refractivity contribution in [1.82, 2.24) is 20.9 Å². The maximum absolute atomic E-state index is 13.3. The Morgan fingerprint density at radius 2 is 1.96 bits per heavy atom. The van der Waals surface area contributed by atoms with Crippen molar-refractivity contribution in [3.8, 4) is 0 Å². The number of nitrogens with one attached hydrogen (secondary N) is 3. The van der Waals surface area contributed by atoms with Gasteiger partial charge in [0.25, 0.3) is 5.91 Å². The summed E-state index contributed by atoms with van der Waals surface area (Å²) in [5, 5.41) is 6.21. The molecule has 1 aliphatic rings. The maximum atomic E-state index is 13.3. The van der Waals surface area contributed by atoms with Crippen LogP contribution in [-0.4, -0.2) is 35.2 Å². The van der Waals surface area contributed by atoms with Crippen LogP contribution in [0.4, 0.5) is 22.8 Å². The van der Waals surface area contributed by atoms with Crippen LogP contribution in [-0.2, 0) is 21.2 Å². The Hall–Kier alpha value is -2.85. The number of carbonyl (C=O) groups excluding carboxylic acids is 3. The minimum absolute atomic E-state index is 0.681. The van der Waals surface area contributed by atoms with Crippen molar-refractivity contribution >= 4 is 18.0 Å². The molecule has 0 radical (unpaired) electrons. The van der Waals surface area contributed by atoms with Crippen LogP contribution in [0, 0.1) is 0 Å². The van der Waals surface area contributed by atoms with Crippen LogP contribution in [0.2, 0.25) is 0 Å². The fourth-order valence-electron chi connectivity index (χ4n) is 2.36. The summed E-state index contributed by atoms with van der Waals surface area (Å²) in [5.74, 6) is -1.07. The van der Waals surface area contributed by atoms with Gasteiger partial charge in [-0.1, -0.05) is 0 Å². The average Bonchev–Trinajstić information content (AvgIpc) is 2.77. The Labute approximate surface area is 146 Å². The molecular weight excluding hydrogens is 357 g/mol. The van der Waals surface area contributed by atoms with Crippen molar-refractivity contribution in [2.24, 2.45) is 0 Å². The van der Waals surface area contributed by atoms with Gasteiger partial charge in [0.15, 0.2) is 5.54 Å². The molecule has 11 heteroatoms. The second-order valence-corrected chi connectivity index (χ2v) is 6.57. The van der Waals surface area contributed by atoms with Crippen LogP contribution in [0.5, 0.6) is 0 Å². The molecule has 0 spiro atoms. The van der Waals surface area contributed by atoms with Crippen molar-refractivity contribution in [3.63, 3.8) is 0 Å². The van der Waals surface area contributed by atoms with E-state index in [-0.39, 0.29) is 0 Å². The van der Waals surface area contributed by atoms with E-state index in [2.05, 4.69) is 15.6 Å². The number of pyridine rings is 1. The third kappa shape index (κ3) is 4.03. The molecule has 0 saturated carbocycles. The van der Waals surface area contributed by atoms with E-state index < -0.39 is 53.1 Å². The highest BCUT2D eigenvalue weighted by atomic mass is 19.4. The third-order valence-electron chi connectivity index (χ3n) is 3.36. The molecule has 1 aromatic heterocycles. The molecule has 2 heterocycles. The van der Waals surface area contributed by atoms with Crippen LogP contribution in [0.3, 0.4) is 0 Å². The Balaban J connectivity index is 2.42. The molecule has 0 aliphatic carbocycles. The van der Waals surface area contributed by atoms with Crippen molar-refractivity contribution < 1.29 is 32.3 Å². The van der Waals surface area contributed by atoms with Crippen LogP contribution in [0.1, 0.15) is 32.0 Å². The topological polar surface area (TPSA) is 109 Å². The molecule has 8 nitrogen and oxygen atoms in total. The van der Waals surface area contributed by atoms with Gasteiger partial charge in [-0.05, 0) is 32.9 Å². The highest BCUT2D eigenvalue weighted by Crippen LogP contribution is 2.36. The van der Waals surface area contributed by atoms with Crippen LogP contribution < -0.4 is 16.0 Å². The first-order chi connectivity index (χ1) is 11.8. The van der Waals surface area contributed by atoms with Crippen LogP contribution >= 0.6 is 0 Å². The Morgan fingerprint density at radius 3 is 2.46 bits per heavy atom. The molecule has 3 N–H and O–H groups in total. The van der Waals surface area contributed by atoms with Gasteiger partial charge in [0.1, 0.15) is 5.60 Å². The molecule has 4 amide bonds. The molecule has 0 bridgehead atoms. The molecular formula is C15H17F3N4O4. The first-order valence-corrected chi connectivity index (χ1v) is 7.48. The standard InChI is InChI=1S/C15H17F3N4O4/c1-13(2,3)26-12(25)20-7-14(10(23)21-11(24)22-14)9-8(15(16,17)18)5-4-6-19-9/h4-6H,7H2,1-3H3,(H,20,25)(H2,21,22,23,24)/t14-/m1/s1. The smallest absolute Gasteiger partial charge is 0.418 e. The summed E-state index contributed by atoms with van der Waals surface area (Å²) in [6.45, 7) is 4.09. The lowest BCUT2D eigenvalue weighted by atomic mass is 9.90. The zero-order chi connectivity index (χ0) is 19.8. The summed E-state index contributed by atoms with van der Waals surface area (Å²) in [5.41, 5.74) is -5.02. The maximum Gasteiger partial charge on any atom is 0.418 e. The number of aromatic nitrogens is 1. The zero-order valence-corrected chi connectivity index (χ0v) is 14.2. The quantitative estimate of drug-likeness (QED) is 0.697. The summed E-state index contributed by atoms with van der Waals surface area (Å²) in [4.78, 5) is 39.4.